The van der Waals surface area contributed by atoms with Gasteiger partial charge in [0.1, 0.15) is 0 Å². The van der Waals surface area contributed by atoms with Crippen LogP contribution in [0.2, 0.25) is 0 Å². The maximum Gasteiger partial charge on any atom is 0.305 e. The van der Waals surface area contributed by atoms with Crippen LogP contribution in [0.1, 0.15) is 117 Å². The highest BCUT2D eigenvalue weighted by Gasteiger charge is 2.02. The second-order valence-corrected chi connectivity index (χ2v) is 8.40. The van der Waals surface area contributed by atoms with Crippen molar-refractivity contribution in [3.63, 3.8) is 0 Å². The van der Waals surface area contributed by atoms with E-state index in [-0.39, 0.29) is 5.97 Å². The molecular formula is C26H52O5. The summed E-state index contributed by atoms with van der Waals surface area (Å²) in [6.45, 7) is 8.74. The maximum absolute atomic E-state index is 11.7. The molecule has 0 aliphatic carbocycles. The van der Waals surface area contributed by atoms with Gasteiger partial charge in [-0.05, 0) is 19.3 Å². The summed E-state index contributed by atoms with van der Waals surface area (Å²) in [5.41, 5.74) is 0. The van der Waals surface area contributed by atoms with Crippen molar-refractivity contribution in [3.05, 3.63) is 0 Å². The zero-order valence-corrected chi connectivity index (χ0v) is 20.8. The lowest BCUT2D eigenvalue weighted by atomic mass is 10.1. The third kappa shape index (κ3) is 27.3. The van der Waals surface area contributed by atoms with Crippen LogP contribution in [0.15, 0.2) is 0 Å². The fraction of sp³-hybridized carbons (Fsp3) is 0.962. The molecule has 5 heteroatoms. The van der Waals surface area contributed by atoms with Crippen LogP contribution < -0.4 is 0 Å². The summed E-state index contributed by atoms with van der Waals surface area (Å²) < 4.78 is 21.6. The molecular weight excluding hydrogens is 392 g/mol. The second-order valence-electron chi connectivity index (χ2n) is 8.40. The van der Waals surface area contributed by atoms with Crippen molar-refractivity contribution in [2.45, 2.75) is 117 Å². The molecule has 0 spiro atoms. The highest BCUT2D eigenvalue weighted by Crippen LogP contribution is 2.12. The predicted octanol–water partition coefficient (Wildman–Crippen LogP) is 6.86. The van der Waals surface area contributed by atoms with E-state index in [1.54, 1.807) is 0 Å². The van der Waals surface area contributed by atoms with Crippen molar-refractivity contribution in [1.82, 2.24) is 0 Å². The molecule has 5 nitrogen and oxygen atoms in total. The van der Waals surface area contributed by atoms with Gasteiger partial charge >= 0.3 is 5.97 Å². The van der Waals surface area contributed by atoms with E-state index in [1.807, 2.05) is 0 Å². The predicted molar refractivity (Wildman–Crippen MR) is 129 cm³/mol. The first kappa shape index (κ1) is 30.4. The largest absolute Gasteiger partial charge is 0.466 e. The summed E-state index contributed by atoms with van der Waals surface area (Å²) in [6.07, 6.45) is 19.2. The van der Waals surface area contributed by atoms with Gasteiger partial charge in [0, 0.05) is 19.6 Å². The van der Waals surface area contributed by atoms with Crippen molar-refractivity contribution < 1.29 is 23.7 Å². The molecule has 0 saturated carbocycles. The molecule has 0 aromatic carbocycles. The van der Waals surface area contributed by atoms with Crippen LogP contribution in [0.25, 0.3) is 0 Å². The Kier molecular flexibility index (Phi) is 26.8. The van der Waals surface area contributed by atoms with Gasteiger partial charge < -0.3 is 18.9 Å². The number of esters is 1. The fourth-order valence-electron chi connectivity index (χ4n) is 3.31. The molecule has 31 heavy (non-hydrogen) atoms. The Morgan fingerprint density at radius 1 is 0.452 bits per heavy atom. The summed E-state index contributed by atoms with van der Waals surface area (Å²) in [7, 11) is 0. The van der Waals surface area contributed by atoms with Gasteiger partial charge in [-0.2, -0.15) is 0 Å². The van der Waals surface area contributed by atoms with Crippen molar-refractivity contribution in [2.75, 3.05) is 46.2 Å². The molecule has 0 heterocycles. The first-order chi connectivity index (χ1) is 15.3. The lowest BCUT2D eigenvalue weighted by molar-refractivity contribution is -0.144. The average molecular weight is 445 g/mol. The van der Waals surface area contributed by atoms with E-state index in [0.717, 1.165) is 32.3 Å². The summed E-state index contributed by atoms with van der Waals surface area (Å²) in [6, 6.07) is 0. The summed E-state index contributed by atoms with van der Waals surface area (Å²) in [5.74, 6) is -0.104. The standard InChI is InChI=1S/C26H52O5/c1-3-5-7-8-9-10-11-12-13-14-15-16-21-31-26(27)18-17-20-29-23-25-30-24-22-28-19-6-4-2/h3-25H2,1-2H3. The summed E-state index contributed by atoms with van der Waals surface area (Å²) >= 11 is 0. The molecule has 0 bridgehead atoms. The molecule has 0 atom stereocenters. The lowest BCUT2D eigenvalue weighted by Gasteiger charge is -2.07. The molecule has 0 aliphatic rings. The van der Waals surface area contributed by atoms with E-state index >= 15 is 0 Å². The molecule has 0 N–H and O–H groups in total. The Morgan fingerprint density at radius 2 is 0.871 bits per heavy atom. The number of ether oxygens (including phenoxy) is 4. The van der Waals surface area contributed by atoms with Crippen molar-refractivity contribution in [3.8, 4) is 0 Å². The van der Waals surface area contributed by atoms with E-state index in [4.69, 9.17) is 18.9 Å². The van der Waals surface area contributed by atoms with Gasteiger partial charge in [0.15, 0.2) is 0 Å². The molecule has 0 aromatic rings. The summed E-state index contributed by atoms with van der Waals surface area (Å²) in [5, 5.41) is 0. The Labute approximate surface area is 192 Å². The number of carbonyl (C=O) groups excluding carboxylic acids is 1. The number of rotatable bonds is 26. The van der Waals surface area contributed by atoms with Gasteiger partial charge in [-0.25, -0.2) is 0 Å². The van der Waals surface area contributed by atoms with Gasteiger partial charge in [0.05, 0.1) is 33.0 Å². The number of unbranched alkanes of at least 4 members (excludes halogenated alkanes) is 12. The highest BCUT2D eigenvalue weighted by molar-refractivity contribution is 5.69. The Morgan fingerprint density at radius 3 is 1.39 bits per heavy atom. The molecule has 0 unspecified atom stereocenters. The van der Waals surface area contributed by atoms with E-state index in [1.165, 1.54) is 64.2 Å². The lowest BCUT2D eigenvalue weighted by Crippen LogP contribution is -2.11. The SMILES string of the molecule is CCCCCCCCCCCCCCOC(=O)CCCOCCOCCOCCCC. The van der Waals surface area contributed by atoms with E-state index in [2.05, 4.69) is 13.8 Å². The van der Waals surface area contributed by atoms with Gasteiger partial charge in [-0.3, -0.25) is 4.79 Å². The number of hydrogen-bond donors (Lipinski definition) is 0. The van der Waals surface area contributed by atoms with Crippen LogP contribution in [-0.2, 0) is 23.7 Å². The minimum absolute atomic E-state index is 0.104. The van der Waals surface area contributed by atoms with Gasteiger partial charge in [0.25, 0.3) is 0 Å². The van der Waals surface area contributed by atoms with Crippen LogP contribution >= 0.6 is 0 Å². The highest BCUT2D eigenvalue weighted by atomic mass is 16.5. The van der Waals surface area contributed by atoms with Gasteiger partial charge in [0.2, 0.25) is 0 Å². The minimum Gasteiger partial charge on any atom is -0.466 e. The Balaban J connectivity index is 3.14. The van der Waals surface area contributed by atoms with Crippen molar-refractivity contribution >= 4 is 5.97 Å². The molecule has 0 amide bonds. The molecule has 0 rings (SSSR count). The minimum atomic E-state index is -0.104. The van der Waals surface area contributed by atoms with Crippen LogP contribution in [0.3, 0.4) is 0 Å². The smallest absolute Gasteiger partial charge is 0.305 e. The van der Waals surface area contributed by atoms with Crippen molar-refractivity contribution in [1.29, 1.82) is 0 Å². The average Bonchev–Trinajstić information content (AvgIpc) is 2.77. The van der Waals surface area contributed by atoms with Gasteiger partial charge in [-0.1, -0.05) is 90.9 Å². The molecule has 0 fully saturated rings. The third-order valence-electron chi connectivity index (χ3n) is 5.32. The van der Waals surface area contributed by atoms with Crippen LogP contribution in [-0.4, -0.2) is 52.2 Å². The molecule has 186 valence electrons. The quantitative estimate of drug-likeness (QED) is 0.108. The zero-order chi connectivity index (χ0) is 22.7. The molecule has 0 radical (unpaired) electrons. The molecule has 0 aliphatic heterocycles. The topological polar surface area (TPSA) is 54.0 Å². The molecule has 0 aromatic heterocycles. The molecule has 0 saturated heterocycles. The van der Waals surface area contributed by atoms with Crippen LogP contribution in [0.5, 0.6) is 0 Å². The zero-order valence-electron chi connectivity index (χ0n) is 20.8. The normalized spacial score (nSPS) is 11.2. The van der Waals surface area contributed by atoms with Crippen molar-refractivity contribution in [2.24, 2.45) is 0 Å². The maximum atomic E-state index is 11.7. The monoisotopic (exact) mass is 444 g/mol. The number of carbonyl (C=O) groups is 1. The van der Waals surface area contributed by atoms with Crippen LogP contribution in [0.4, 0.5) is 0 Å². The Hall–Kier alpha value is -0.650. The van der Waals surface area contributed by atoms with Crippen LogP contribution in [0, 0.1) is 0 Å². The van der Waals surface area contributed by atoms with Gasteiger partial charge in [-0.15, -0.1) is 0 Å². The second kappa shape index (κ2) is 27.4. The summed E-state index contributed by atoms with van der Waals surface area (Å²) in [4.78, 5) is 11.7. The third-order valence-corrected chi connectivity index (χ3v) is 5.32. The van der Waals surface area contributed by atoms with E-state index in [9.17, 15) is 4.79 Å². The van der Waals surface area contributed by atoms with E-state index in [0.29, 0.717) is 52.5 Å². The number of hydrogen-bond acceptors (Lipinski definition) is 5. The first-order valence-electron chi connectivity index (χ1n) is 13.2. The first-order valence-corrected chi connectivity index (χ1v) is 13.2. The Bertz CT molecular complexity index is 349. The van der Waals surface area contributed by atoms with E-state index < -0.39 is 0 Å². The fourth-order valence-corrected chi connectivity index (χ4v) is 3.31.